The van der Waals surface area contributed by atoms with Crippen LogP contribution in [0, 0.1) is 0 Å². The normalized spacial score (nSPS) is 20.2. The molecular formula is C18H23N3O3S2. The van der Waals surface area contributed by atoms with Gasteiger partial charge in [0.05, 0.1) is 29.8 Å². The number of pyridine rings is 1. The minimum absolute atomic E-state index is 0.0867. The molecule has 26 heavy (non-hydrogen) atoms. The summed E-state index contributed by atoms with van der Waals surface area (Å²) in [5.74, 6) is 0.220. The summed E-state index contributed by atoms with van der Waals surface area (Å²) in [7, 11) is -1.15. The number of hydrogen-bond acceptors (Lipinski definition) is 6. The van der Waals surface area contributed by atoms with E-state index in [1.54, 1.807) is 24.6 Å². The van der Waals surface area contributed by atoms with Crippen LogP contribution in [-0.4, -0.2) is 55.3 Å². The number of thiophene rings is 1. The van der Waals surface area contributed by atoms with E-state index in [0.717, 1.165) is 5.69 Å². The second-order valence-corrected chi connectivity index (χ2v) is 9.89. The van der Waals surface area contributed by atoms with Crippen molar-refractivity contribution in [2.75, 3.05) is 25.1 Å². The molecule has 0 aliphatic carbocycles. The van der Waals surface area contributed by atoms with E-state index >= 15 is 0 Å². The summed E-state index contributed by atoms with van der Waals surface area (Å²) in [4.78, 5) is 20.0. The second kappa shape index (κ2) is 8.28. The zero-order valence-electron chi connectivity index (χ0n) is 14.7. The number of amides is 1. The first-order valence-corrected chi connectivity index (χ1v) is 11.3. The Bertz CT molecular complexity index is 823. The van der Waals surface area contributed by atoms with E-state index in [-0.39, 0.29) is 36.0 Å². The molecule has 6 nitrogen and oxygen atoms in total. The number of likely N-dealkylation sites (N-methyl/N-ethyl adjacent to an activating group) is 1. The maximum absolute atomic E-state index is 12.6. The van der Waals surface area contributed by atoms with E-state index in [1.807, 2.05) is 40.6 Å². The van der Waals surface area contributed by atoms with Gasteiger partial charge in [-0.1, -0.05) is 12.1 Å². The molecule has 0 spiro atoms. The van der Waals surface area contributed by atoms with Crippen molar-refractivity contribution in [3.8, 4) is 0 Å². The highest BCUT2D eigenvalue weighted by Crippen LogP contribution is 2.20. The number of rotatable bonds is 7. The molecule has 2 aromatic heterocycles. The summed E-state index contributed by atoms with van der Waals surface area (Å²) in [6.45, 7) is 0.175. The van der Waals surface area contributed by atoms with Gasteiger partial charge in [0.15, 0.2) is 9.84 Å². The lowest BCUT2D eigenvalue weighted by Gasteiger charge is -2.24. The number of carbonyl (C=O) groups is 1. The lowest BCUT2D eigenvalue weighted by atomic mass is 10.1. The van der Waals surface area contributed by atoms with Crippen LogP contribution in [0.5, 0.6) is 0 Å². The van der Waals surface area contributed by atoms with Gasteiger partial charge in [-0.15, -0.1) is 11.3 Å². The third-order valence-electron chi connectivity index (χ3n) is 4.59. The zero-order chi connectivity index (χ0) is 18.6. The number of nitrogens with zero attached hydrogens (tertiary/aromatic N) is 2. The van der Waals surface area contributed by atoms with Crippen molar-refractivity contribution in [3.63, 3.8) is 0 Å². The summed E-state index contributed by atoms with van der Waals surface area (Å²) >= 11 is 1.65. The van der Waals surface area contributed by atoms with Gasteiger partial charge in [-0.25, -0.2) is 8.42 Å². The van der Waals surface area contributed by atoms with Crippen molar-refractivity contribution >= 4 is 27.1 Å². The molecule has 2 aromatic rings. The SMILES string of the molecule is CN(CC(=O)NC(Cc1cccs1)c1ccccn1)C1CCS(=O)(=O)C1. The van der Waals surface area contributed by atoms with Crippen LogP contribution in [0.3, 0.4) is 0 Å². The topological polar surface area (TPSA) is 79.4 Å². The van der Waals surface area contributed by atoms with E-state index in [4.69, 9.17) is 0 Å². The summed E-state index contributed by atoms with van der Waals surface area (Å²) in [5.41, 5.74) is 0.820. The van der Waals surface area contributed by atoms with Gasteiger partial charge in [0, 0.05) is 23.5 Å². The minimum Gasteiger partial charge on any atom is -0.346 e. The highest BCUT2D eigenvalue weighted by molar-refractivity contribution is 7.91. The Kier molecular flexibility index (Phi) is 6.05. The van der Waals surface area contributed by atoms with Gasteiger partial charge in [-0.05, 0) is 37.0 Å². The molecule has 0 saturated carbocycles. The van der Waals surface area contributed by atoms with Gasteiger partial charge in [-0.2, -0.15) is 0 Å². The molecule has 1 saturated heterocycles. The number of hydrogen-bond donors (Lipinski definition) is 1. The predicted octanol–water partition coefficient (Wildman–Crippen LogP) is 1.66. The van der Waals surface area contributed by atoms with Crippen LogP contribution in [0.15, 0.2) is 41.9 Å². The van der Waals surface area contributed by atoms with Crippen LogP contribution >= 0.6 is 11.3 Å². The number of aromatic nitrogens is 1. The fraction of sp³-hybridized carbons (Fsp3) is 0.444. The Hall–Kier alpha value is -1.77. The first kappa shape index (κ1) is 19.0. The first-order valence-electron chi connectivity index (χ1n) is 8.56. The third kappa shape index (κ3) is 5.12. The fourth-order valence-electron chi connectivity index (χ4n) is 3.16. The predicted molar refractivity (Wildman–Crippen MR) is 103 cm³/mol. The second-order valence-electron chi connectivity index (χ2n) is 6.63. The molecule has 3 heterocycles. The summed E-state index contributed by atoms with van der Waals surface area (Å²) < 4.78 is 23.3. The van der Waals surface area contributed by atoms with Crippen LogP contribution in [0.25, 0.3) is 0 Å². The lowest BCUT2D eigenvalue weighted by Crippen LogP contribution is -2.42. The maximum Gasteiger partial charge on any atom is 0.234 e. The molecule has 0 bridgehead atoms. The quantitative estimate of drug-likeness (QED) is 0.774. The number of sulfone groups is 1. The Balaban J connectivity index is 1.63. The molecule has 0 aromatic carbocycles. The third-order valence-corrected chi connectivity index (χ3v) is 7.24. The van der Waals surface area contributed by atoms with Crippen LogP contribution < -0.4 is 5.32 Å². The molecule has 1 fully saturated rings. The Labute approximate surface area is 158 Å². The van der Waals surface area contributed by atoms with Gasteiger partial charge in [0.2, 0.25) is 5.91 Å². The van der Waals surface area contributed by atoms with E-state index in [2.05, 4.69) is 10.3 Å². The first-order chi connectivity index (χ1) is 12.4. The summed E-state index contributed by atoms with van der Waals surface area (Å²) in [6, 6.07) is 9.41. The zero-order valence-corrected chi connectivity index (χ0v) is 16.3. The molecule has 1 amide bonds. The van der Waals surface area contributed by atoms with Crippen LogP contribution in [0.4, 0.5) is 0 Å². The number of carbonyl (C=O) groups excluding carboxylic acids is 1. The van der Waals surface area contributed by atoms with Gasteiger partial charge < -0.3 is 5.32 Å². The van der Waals surface area contributed by atoms with Gasteiger partial charge in [0.25, 0.3) is 0 Å². The van der Waals surface area contributed by atoms with Crippen molar-refractivity contribution in [3.05, 3.63) is 52.5 Å². The molecule has 1 aliphatic rings. The Morgan fingerprint density at radius 1 is 1.38 bits per heavy atom. The average molecular weight is 394 g/mol. The monoisotopic (exact) mass is 393 g/mol. The molecule has 2 atom stereocenters. The van der Waals surface area contributed by atoms with Gasteiger partial charge >= 0.3 is 0 Å². The van der Waals surface area contributed by atoms with Crippen molar-refractivity contribution in [2.45, 2.75) is 24.9 Å². The molecule has 2 unspecified atom stereocenters. The van der Waals surface area contributed by atoms with Crippen molar-refractivity contribution in [1.82, 2.24) is 15.2 Å². The van der Waals surface area contributed by atoms with Gasteiger partial charge in [0.1, 0.15) is 0 Å². The molecule has 1 N–H and O–H groups in total. The Morgan fingerprint density at radius 2 is 2.23 bits per heavy atom. The van der Waals surface area contributed by atoms with E-state index in [9.17, 15) is 13.2 Å². The van der Waals surface area contributed by atoms with Gasteiger partial charge in [-0.3, -0.25) is 14.7 Å². The molecule has 140 valence electrons. The molecule has 1 aliphatic heterocycles. The van der Waals surface area contributed by atoms with Crippen molar-refractivity contribution in [2.24, 2.45) is 0 Å². The maximum atomic E-state index is 12.6. The number of nitrogens with one attached hydrogen (secondary N) is 1. The molecule has 3 rings (SSSR count). The molecule has 0 radical (unpaired) electrons. The highest BCUT2D eigenvalue weighted by Gasteiger charge is 2.31. The van der Waals surface area contributed by atoms with E-state index < -0.39 is 9.84 Å². The average Bonchev–Trinajstić information content (AvgIpc) is 3.24. The summed E-state index contributed by atoms with van der Waals surface area (Å²) in [5, 5.41) is 5.08. The standard InChI is InChI=1S/C18H23N3O3S2/c1-21(14-7-10-26(23,24)13-14)12-18(22)20-17(11-15-5-4-9-25-15)16-6-2-3-8-19-16/h2-6,8-9,14,17H,7,10-13H2,1H3,(H,20,22). The van der Waals surface area contributed by atoms with Crippen molar-refractivity contribution < 1.29 is 13.2 Å². The van der Waals surface area contributed by atoms with E-state index in [0.29, 0.717) is 12.8 Å². The highest BCUT2D eigenvalue weighted by atomic mass is 32.2. The smallest absolute Gasteiger partial charge is 0.234 e. The molecule has 8 heteroatoms. The van der Waals surface area contributed by atoms with Crippen LogP contribution in [0.1, 0.15) is 23.0 Å². The largest absolute Gasteiger partial charge is 0.346 e. The summed E-state index contributed by atoms with van der Waals surface area (Å²) in [6.07, 6.45) is 2.99. The minimum atomic E-state index is -2.96. The van der Waals surface area contributed by atoms with E-state index in [1.165, 1.54) is 4.88 Å². The van der Waals surface area contributed by atoms with Crippen LogP contribution in [-0.2, 0) is 21.1 Å². The lowest BCUT2D eigenvalue weighted by molar-refractivity contribution is -0.123. The Morgan fingerprint density at radius 3 is 2.85 bits per heavy atom. The molecular weight excluding hydrogens is 370 g/mol. The fourth-order valence-corrected chi connectivity index (χ4v) is 5.72. The van der Waals surface area contributed by atoms with Crippen LogP contribution in [0.2, 0.25) is 0 Å². The van der Waals surface area contributed by atoms with Crippen molar-refractivity contribution in [1.29, 1.82) is 0 Å².